The summed E-state index contributed by atoms with van der Waals surface area (Å²) >= 11 is 5.60. The SMILES string of the molecule is Cc1ccc(NC(=S)N2CC[NH+](Cc3ccncc3)CC2)cc1C. The average molecular weight is 342 g/mol. The van der Waals surface area contributed by atoms with E-state index in [2.05, 4.69) is 59.4 Å². The lowest BCUT2D eigenvalue weighted by molar-refractivity contribution is -0.917. The third kappa shape index (κ3) is 4.30. The molecule has 1 aromatic heterocycles. The molecular formula is C19H25N4S+. The number of aryl methyl sites for hydroxylation is 2. The summed E-state index contributed by atoms with van der Waals surface area (Å²) in [5.41, 5.74) is 5.02. The second kappa shape index (κ2) is 7.73. The molecule has 5 heteroatoms. The van der Waals surface area contributed by atoms with E-state index < -0.39 is 0 Å². The summed E-state index contributed by atoms with van der Waals surface area (Å²) in [5.74, 6) is 0. The van der Waals surface area contributed by atoms with Crippen molar-refractivity contribution in [2.75, 3.05) is 31.5 Å². The number of hydrogen-bond acceptors (Lipinski definition) is 2. The number of rotatable bonds is 3. The van der Waals surface area contributed by atoms with Gasteiger partial charge in [0.25, 0.3) is 0 Å². The molecule has 4 nitrogen and oxygen atoms in total. The minimum absolute atomic E-state index is 0.834. The predicted octanol–water partition coefficient (Wildman–Crippen LogP) is 1.80. The van der Waals surface area contributed by atoms with E-state index in [4.69, 9.17) is 12.2 Å². The smallest absolute Gasteiger partial charge is 0.173 e. The number of aromatic nitrogens is 1. The Morgan fingerprint density at radius 2 is 1.83 bits per heavy atom. The lowest BCUT2D eigenvalue weighted by Gasteiger charge is -2.34. The van der Waals surface area contributed by atoms with E-state index in [9.17, 15) is 0 Å². The minimum atomic E-state index is 0.834. The molecular weight excluding hydrogens is 316 g/mol. The molecule has 0 bridgehead atoms. The Hall–Kier alpha value is -1.98. The molecule has 2 heterocycles. The summed E-state index contributed by atoms with van der Waals surface area (Å²) in [6, 6.07) is 10.6. The van der Waals surface area contributed by atoms with Crippen LogP contribution in [0.15, 0.2) is 42.7 Å². The predicted molar refractivity (Wildman–Crippen MR) is 102 cm³/mol. The molecule has 2 N–H and O–H groups in total. The van der Waals surface area contributed by atoms with Gasteiger partial charge in [-0.3, -0.25) is 4.98 Å². The average Bonchev–Trinajstić information content (AvgIpc) is 2.60. The van der Waals surface area contributed by atoms with Crippen LogP contribution in [-0.4, -0.2) is 41.2 Å². The molecule has 0 atom stereocenters. The Morgan fingerprint density at radius 1 is 1.12 bits per heavy atom. The number of nitrogens with zero attached hydrogens (tertiary/aromatic N) is 2. The van der Waals surface area contributed by atoms with Crippen LogP contribution in [0.25, 0.3) is 0 Å². The second-order valence-electron chi connectivity index (χ2n) is 6.50. The van der Waals surface area contributed by atoms with Crippen molar-refractivity contribution in [3.05, 3.63) is 59.4 Å². The highest BCUT2D eigenvalue weighted by Gasteiger charge is 2.21. The zero-order chi connectivity index (χ0) is 16.9. The third-order valence-electron chi connectivity index (χ3n) is 4.72. The standard InChI is InChI=1S/C19H24N4S/c1-15-3-4-18(13-16(15)2)21-19(24)23-11-9-22(10-12-23)14-17-5-7-20-8-6-17/h3-8,13H,9-12,14H2,1-2H3,(H,21,24)/p+1. The van der Waals surface area contributed by atoms with Crippen LogP contribution in [0.5, 0.6) is 0 Å². The zero-order valence-electron chi connectivity index (χ0n) is 14.4. The van der Waals surface area contributed by atoms with E-state index in [1.807, 2.05) is 12.4 Å². The van der Waals surface area contributed by atoms with Crippen LogP contribution in [0.3, 0.4) is 0 Å². The summed E-state index contributed by atoms with van der Waals surface area (Å²) in [5, 5.41) is 4.22. The van der Waals surface area contributed by atoms with E-state index in [1.165, 1.54) is 16.7 Å². The first-order valence-electron chi connectivity index (χ1n) is 8.47. The van der Waals surface area contributed by atoms with Crippen LogP contribution in [0, 0.1) is 13.8 Å². The molecule has 0 radical (unpaired) electrons. The lowest BCUT2D eigenvalue weighted by atomic mass is 10.1. The monoisotopic (exact) mass is 341 g/mol. The van der Waals surface area contributed by atoms with Gasteiger partial charge in [0, 0.05) is 23.6 Å². The number of quaternary nitrogens is 1. The highest BCUT2D eigenvalue weighted by Crippen LogP contribution is 2.14. The van der Waals surface area contributed by atoms with Crippen LogP contribution < -0.4 is 10.2 Å². The Labute approximate surface area is 149 Å². The van der Waals surface area contributed by atoms with Crippen LogP contribution in [0.2, 0.25) is 0 Å². The fourth-order valence-electron chi connectivity index (χ4n) is 3.01. The molecule has 24 heavy (non-hydrogen) atoms. The molecule has 0 amide bonds. The maximum absolute atomic E-state index is 5.60. The Kier molecular flexibility index (Phi) is 5.43. The number of anilines is 1. The van der Waals surface area contributed by atoms with Crippen molar-refractivity contribution in [3.8, 4) is 0 Å². The van der Waals surface area contributed by atoms with Crippen molar-refractivity contribution in [2.45, 2.75) is 20.4 Å². The molecule has 1 fully saturated rings. The van der Waals surface area contributed by atoms with Crippen LogP contribution >= 0.6 is 12.2 Å². The van der Waals surface area contributed by atoms with Gasteiger partial charge in [0.15, 0.2) is 5.11 Å². The summed E-state index contributed by atoms with van der Waals surface area (Å²) in [7, 11) is 0. The van der Waals surface area contributed by atoms with Gasteiger partial charge < -0.3 is 15.1 Å². The van der Waals surface area contributed by atoms with Crippen molar-refractivity contribution in [3.63, 3.8) is 0 Å². The minimum Gasteiger partial charge on any atom is -0.338 e. The first-order chi connectivity index (χ1) is 11.6. The van der Waals surface area contributed by atoms with Crippen LogP contribution in [-0.2, 0) is 6.54 Å². The number of pyridine rings is 1. The maximum atomic E-state index is 5.60. The number of benzene rings is 1. The number of piperazine rings is 1. The van der Waals surface area contributed by atoms with E-state index in [1.54, 1.807) is 4.90 Å². The molecule has 3 rings (SSSR count). The molecule has 126 valence electrons. The van der Waals surface area contributed by atoms with Crippen molar-refractivity contribution in [2.24, 2.45) is 0 Å². The van der Waals surface area contributed by atoms with Gasteiger partial charge in [-0.05, 0) is 61.5 Å². The van der Waals surface area contributed by atoms with Gasteiger partial charge in [-0.15, -0.1) is 0 Å². The van der Waals surface area contributed by atoms with Gasteiger partial charge in [-0.2, -0.15) is 0 Å². The Morgan fingerprint density at radius 3 is 2.50 bits per heavy atom. The maximum Gasteiger partial charge on any atom is 0.173 e. The van der Waals surface area contributed by atoms with Crippen molar-refractivity contribution in [1.82, 2.24) is 9.88 Å². The summed E-state index contributed by atoms with van der Waals surface area (Å²) in [6.45, 7) is 9.53. The first-order valence-corrected chi connectivity index (χ1v) is 8.88. The fraction of sp³-hybridized carbons (Fsp3) is 0.368. The van der Waals surface area contributed by atoms with Crippen LogP contribution in [0.4, 0.5) is 5.69 Å². The van der Waals surface area contributed by atoms with E-state index in [-0.39, 0.29) is 0 Å². The molecule has 0 unspecified atom stereocenters. The lowest BCUT2D eigenvalue weighted by Crippen LogP contribution is -3.13. The van der Waals surface area contributed by atoms with Crippen molar-refractivity contribution < 1.29 is 4.90 Å². The number of hydrogen-bond donors (Lipinski definition) is 2. The van der Waals surface area contributed by atoms with Gasteiger partial charge in [0.05, 0.1) is 26.2 Å². The molecule has 2 aromatic rings. The third-order valence-corrected chi connectivity index (χ3v) is 5.08. The second-order valence-corrected chi connectivity index (χ2v) is 6.89. The number of nitrogens with one attached hydrogen (secondary N) is 2. The molecule has 1 saturated heterocycles. The topological polar surface area (TPSA) is 32.6 Å². The largest absolute Gasteiger partial charge is 0.338 e. The molecule has 1 aromatic carbocycles. The highest BCUT2D eigenvalue weighted by molar-refractivity contribution is 7.80. The normalized spacial score (nSPS) is 15.3. The molecule has 1 aliphatic rings. The first kappa shape index (κ1) is 16.9. The van der Waals surface area contributed by atoms with Gasteiger partial charge >= 0.3 is 0 Å². The molecule has 0 aliphatic carbocycles. The van der Waals surface area contributed by atoms with Crippen molar-refractivity contribution >= 4 is 23.0 Å². The van der Waals surface area contributed by atoms with Gasteiger partial charge in [0.1, 0.15) is 6.54 Å². The summed E-state index contributed by atoms with van der Waals surface area (Å²) in [6.07, 6.45) is 3.74. The summed E-state index contributed by atoms with van der Waals surface area (Å²) in [4.78, 5) is 7.96. The number of thiocarbonyl (C=S) groups is 1. The Balaban J connectivity index is 1.50. The van der Waals surface area contributed by atoms with E-state index in [0.717, 1.165) is 43.5 Å². The summed E-state index contributed by atoms with van der Waals surface area (Å²) < 4.78 is 0. The Bertz CT molecular complexity index is 694. The highest BCUT2D eigenvalue weighted by atomic mass is 32.1. The molecule has 0 saturated carbocycles. The van der Waals surface area contributed by atoms with Gasteiger partial charge in [-0.1, -0.05) is 6.07 Å². The van der Waals surface area contributed by atoms with E-state index >= 15 is 0 Å². The van der Waals surface area contributed by atoms with Gasteiger partial charge in [0.2, 0.25) is 0 Å². The van der Waals surface area contributed by atoms with E-state index in [0.29, 0.717) is 0 Å². The van der Waals surface area contributed by atoms with Gasteiger partial charge in [-0.25, -0.2) is 0 Å². The van der Waals surface area contributed by atoms with Crippen molar-refractivity contribution in [1.29, 1.82) is 0 Å². The zero-order valence-corrected chi connectivity index (χ0v) is 15.2. The molecule has 1 aliphatic heterocycles. The quantitative estimate of drug-likeness (QED) is 0.834. The fourth-order valence-corrected chi connectivity index (χ4v) is 3.31. The molecule has 0 spiro atoms. The van der Waals surface area contributed by atoms with Crippen LogP contribution in [0.1, 0.15) is 16.7 Å².